The second-order valence-corrected chi connectivity index (χ2v) is 6.45. The van der Waals surface area contributed by atoms with Gasteiger partial charge in [-0.05, 0) is 51.2 Å². The van der Waals surface area contributed by atoms with Crippen LogP contribution in [0.4, 0.5) is 10.6 Å². The maximum Gasteiger partial charge on any atom is 0.320 e. The number of urea groups is 1. The van der Waals surface area contributed by atoms with E-state index in [4.69, 9.17) is 0 Å². The first-order valence-corrected chi connectivity index (χ1v) is 8.26. The van der Waals surface area contributed by atoms with Gasteiger partial charge in [-0.2, -0.15) is 5.10 Å². The Kier molecular flexibility index (Phi) is 4.37. The van der Waals surface area contributed by atoms with Crippen LogP contribution in [0.5, 0.6) is 0 Å². The first-order chi connectivity index (χ1) is 11.0. The zero-order chi connectivity index (χ0) is 16.4. The number of carbonyl (C=O) groups excluding carboxylic acids is 1. The molecule has 2 N–H and O–H groups in total. The lowest BCUT2D eigenvalue weighted by atomic mass is 9.88. The fourth-order valence-corrected chi connectivity index (χ4v) is 3.22. The highest BCUT2D eigenvalue weighted by Gasteiger charge is 2.22. The van der Waals surface area contributed by atoms with E-state index in [0.717, 1.165) is 30.8 Å². The largest absolute Gasteiger partial charge is 0.331 e. The van der Waals surface area contributed by atoms with Crippen LogP contribution in [0.25, 0.3) is 0 Å². The van der Waals surface area contributed by atoms with Crippen molar-refractivity contribution in [2.24, 2.45) is 0 Å². The Hall–Kier alpha value is -2.30. The molecule has 0 bridgehead atoms. The lowest BCUT2D eigenvalue weighted by Gasteiger charge is -2.26. The Bertz CT molecular complexity index is 705. The molecule has 1 atom stereocenters. The van der Waals surface area contributed by atoms with Gasteiger partial charge in [0, 0.05) is 12.1 Å². The van der Waals surface area contributed by atoms with Crippen molar-refractivity contribution in [1.82, 2.24) is 15.1 Å². The summed E-state index contributed by atoms with van der Waals surface area (Å²) in [6.45, 7) is 6.03. The summed E-state index contributed by atoms with van der Waals surface area (Å²) in [5.74, 6) is 0.735. The first kappa shape index (κ1) is 15.6. The number of aromatic nitrogens is 2. The van der Waals surface area contributed by atoms with E-state index in [1.807, 2.05) is 37.6 Å². The minimum atomic E-state index is -0.173. The van der Waals surface area contributed by atoms with E-state index in [0.29, 0.717) is 0 Å². The van der Waals surface area contributed by atoms with Gasteiger partial charge >= 0.3 is 6.03 Å². The molecule has 0 aliphatic heterocycles. The summed E-state index contributed by atoms with van der Waals surface area (Å²) >= 11 is 0. The molecule has 5 heteroatoms. The van der Waals surface area contributed by atoms with E-state index >= 15 is 0 Å². The summed E-state index contributed by atoms with van der Waals surface area (Å²) in [4.78, 5) is 12.4. The van der Waals surface area contributed by atoms with Crippen molar-refractivity contribution < 1.29 is 4.79 Å². The van der Waals surface area contributed by atoms with E-state index in [-0.39, 0.29) is 18.1 Å². The number of hydrogen-bond donors (Lipinski definition) is 2. The number of fused-ring (bicyclic) bond motifs is 1. The number of benzene rings is 1. The molecule has 0 spiro atoms. The van der Waals surface area contributed by atoms with Crippen molar-refractivity contribution in [3.8, 4) is 0 Å². The van der Waals surface area contributed by atoms with Crippen molar-refractivity contribution >= 4 is 11.8 Å². The summed E-state index contributed by atoms with van der Waals surface area (Å²) in [5, 5.41) is 10.5. The first-order valence-electron chi connectivity index (χ1n) is 8.26. The highest BCUT2D eigenvalue weighted by atomic mass is 16.2. The number of aryl methyl sites for hydroxylation is 2. The minimum Gasteiger partial charge on any atom is -0.331 e. The molecule has 1 aromatic carbocycles. The normalized spacial score (nSPS) is 17.0. The van der Waals surface area contributed by atoms with Gasteiger partial charge < -0.3 is 5.32 Å². The molecule has 1 aliphatic rings. The van der Waals surface area contributed by atoms with Gasteiger partial charge in [0.15, 0.2) is 0 Å². The number of rotatable bonds is 3. The number of nitrogens with one attached hydrogen (secondary N) is 2. The van der Waals surface area contributed by atoms with E-state index in [1.54, 1.807) is 0 Å². The highest BCUT2D eigenvalue weighted by Crippen LogP contribution is 2.29. The van der Waals surface area contributed by atoms with Gasteiger partial charge in [0.25, 0.3) is 0 Å². The molecule has 23 heavy (non-hydrogen) atoms. The Morgan fingerprint density at radius 3 is 2.91 bits per heavy atom. The third-order valence-electron chi connectivity index (χ3n) is 4.26. The molecule has 1 aliphatic carbocycles. The molecule has 0 fully saturated rings. The van der Waals surface area contributed by atoms with Gasteiger partial charge in [0.1, 0.15) is 5.82 Å². The van der Waals surface area contributed by atoms with Gasteiger partial charge in [-0.1, -0.05) is 24.3 Å². The average Bonchev–Trinajstić information content (AvgIpc) is 2.88. The molecular formula is C18H24N4O. The van der Waals surface area contributed by atoms with Crippen molar-refractivity contribution in [1.29, 1.82) is 0 Å². The predicted molar refractivity (Wildman–Crippen MR) is 91.6 cm³/mol. The van der Waals surface area contributed by atoms with Gasteiger partial charge in [-0.15, -0.1) is 0 Å². The lowest BCUT2D eigenvalue weighted by molar-refractivity contribution is 0.247. The topological polar surface area (TPSA) is 59.0 Å². The van der Waals surface area contributed by atoms with Crippen LogP contribution in [0.2, 0.25) is 0 Å². The van der Waals surface area contributed by atoms with E-state index in [9.17, 15) is 4.79 Å². The minimum absolute atomic E-state index is 0.0801. The maximum absolute atomic E-state index is 12.4. The molecule has 1 unspecified atom stereocenters. The Morgan fingerprint density at radius 2 is 2.13 bits per heavy atom. The Labute approximate surface area is 137 Å². The smallest absolute Gasteiger partial charge is 0.320 e. The van der Waals surface area contributed by atoms with Gasteiger partial charge in [0.2, 0.25) is 0 Å². The summed E-state index contributed by atoms with van der Waals surface area (Å²) in [7, 11) is 0. The molecule has 1 heterocycles. The third kappa shape index (κ3) is 3.38. The van der Waals surface area contributed by atoms with Crippen LogP contribution in [0.1, 0.15) is 55.6 Å². The van der Waals surface area contributed by atoms with E-state index in [2.05, 4.69) is 33.9 Å². The molecule has 122 valence electrons. The van der Waals surface area contributed by atoms with E-state index < -0.39 is 0 Å². The molecule has 1 aromatic heterocycles. The van der Waals surface area contributed by atoms with Crippen LogP contribution in [-0.2, 0) is 6.42 Å². The van der Waals surface area contributed by atoms with E-state index in [1.165, 1.54) is 11.1 Å². The van der Waals surface area contributed by atoms with Crippen LogP contribution in [0, 0.1) is 6.92 Å². The summed E-state index contributed by atoms with van der Waals surface area (Å²) < 4.78 is 1.84. The number of anilines is 1. The van der Waals surface area contributed by atoms with Crippen molar-refractivity contribution in [3.63, 3.8) is 0 Å². The molecule has 0 saturated heterocycles. The highest BCUT2D eigenvalue weighted by molar-refractivity contribution is 5.88. The molecule has 0 radical (unpaired) electrons. The fourth-order valence-electron chi connectivity index (χ4n) is 3.22. The summed E-state index contributed by atoms with van der Waals surface area (Å²) in [6, 6.07) is 10.4. The van der Waals surface area contributed by atoms with Crippen LogP contribution in [0.15, 0.2) is 30.3 Å². The molecule has 2 amide bonds. The van der Waals surface area contributed by atoms with Crippen molar-refractivity contribution in [3.05, 3.63) is 47.2 Å². The SMILES string of the molecule is Cc1cc(NC(=O)NC2CCCc3ccccc32)n(C(C)C)n1. The Balaban J connectivity index is 1.71. The average molecular weight is 312 g/mol. The van der Waals surface area contributed by atoms with Crippen LogP contribution < -0.4 is 10.6 Å². The standard InChI is InChI=1S/C18H24N4O/c1-12(2)22-17(11-13(3)21-22)20-18(23)19-16-10-6-8-14-7-4-5-9-15(14)16/h4-5,7,9,11-12,16H,6,8,10H2,1-3H3,(H2,19,20,23). The van der Waals surface area contributed by atoms with Gasteiger partial charge in [-0.25, -0.2) is 9.48 Å². The fraction of sp³-hybridized carbons (Fsp3) is 0.444. The second-order valence-electron chi connectivity index (χ2n) is 6.45. The monoisotopic (exact) mass is 312 g/mol. The zero-order valence-electron chi connectivity index (χ0n) is 14.0. The summed E-state index contributed by atoms with van der Waals surface area (Å²) in [5.41, 5.74) is 3.48. The molecular weight excluding hydrogens is 288 g/mol. The summed E-state index contributed by atoms with van der Waals surface area (Å²) in [6.07, 6.45) is 3.17. The molecule has 2 aromatic rings. The Morgan fingerprint density at radius 1 is 1.35 bits per heavy atom. The van der Waals surface area contributed by atoms with Gasteiger partial charge in [-0.3, -0.25) is 5.32 Å². The molecule has 0 saturated carbocycles. The number of nitrogens with zero attached hydrogens (tertiary/aromatic N) is 2. The number of carbonyl (C=O) groups is 1. The quantitative estimate of drug-likeness (QED) is 0.901. The van der Waals surface area contributed by atoms with Crippen LogP contribution in [0.3, 0.4) is 0 Å². The van der Waals surface area contributed by atoms with Crippen molar-refractivity contribution in [2.45, 2.75) is 52.1 Å². The second kappa shape index (κ2) is 6.44. The zero-order valence-corrected chi connectivity index (χ0v) is 14.0. The number of amides is 2. The molecule has 5 nitrogen and oxygen atoms in total. The molecule has 3 rings (SSSR count). The van der Waals surface area contributed by atoms with Crippen LogP contribution in [-0.4, -0.2) is 15.8 Å². The lowest BCUT2D eigenvalue weighted by Crippen LogP contribution is -2.35. The van der Waals surface area contributed by atoms with Crippen LogP contribution >= 0.6 is 0 Å². The predicted octanol–water partition coefficient (Wildman–Crippen LogP) is 3.97. The third-order valence-corrected chi connectivity index (χ3v) is 4.26. The van der Waals surface area contributed by atoms with Gasteiger partial charge in [0.05, 0.1) is 11.7 Å². The number of hydrogen-bond acceptors (Lipinski definition) is 2. The maximum atomic E-state index is 12.4. The van der Waals surface area contributed by atoms with Crippen molar-refractivity contribution in [2.75, 3.05) is 5.32 Å².